The second-order valence-electron chi connectivity index (χ2n) is 7.20. The van der Waals surface area contributed by atoms with Gasteiger partial charge in [0.25, 0.3) is 0 Å². The number of anilines is 1. The van der Waals surface area contributed by atoms with Crippen LogP contribution in [0.1, 0.15) is 25.3 Å². The fraction of sp³-hybridized carbons (Fsp3) is 0.333. The van der Waals surface area contributed by atoms with E-state index in [1.54, 1.807) is 53.1 Å². The lowest BCUT2D eigenvalue weighted by Crippen LogP contribution is -2.48. The molecule has 2 saturated heterocycles. The van der Waals surface area contributed by atoms with E-state index >= 15 is 0 Å². The third kappa shape index (κ3) is 3.71. The first-order valence-corrected chi connectivity index (χ1v) is 10.2. The van der Waals surface area contributed by atoms with Crippen LogP contribution >= 0.6 is 11.8 Å². The SMILES string of the molecule is C[C@]12CCC(=O)N1[C@@H](C(=O)Nc1cccc(OCc3ccc(F)cc3)c1)CS2. The van der Waals surface area contributed by atoms with Gasteiger partial charge in [-0.1, -0.05) is 18.2 Å². The van der Waals surface area contributed by atoms with E-state index in [0.717, 1.165) is 12.0 Å². The van der Waals surface area contributed by atoms with Crippen molar-refractivity contribution in [2.75, 3.05) is 11.1 Å². The maximum Gasteiger partial charge on any atom is 0.248 e. The minimum absolute atomic E-state index is 0.0454. The molecule has 0 radical (unpaired) electrons. The first kappa shape index (κ1) is 18.8. The van der Waals surface area contributed by atoms with Gasteiger partial charge >= 0.3 is 0 Å². The Kier molecular flexibility index (Phi) is 5.02. The number of carbonyl (C=O) groups is 2. The van der Waals surface area contributed by atoms with Crippen molar-refractivity contribution in [3.05, 3.63) is 59.9 Å². The maximum absolute atomic E-state index is 13.0. The Morgan fingerprint density at radius 2 is 2.11 bits per heavy atom. The first-order chi connectivity index (χ1) is 13.4. The monoisotopic (exact) mass is 400 g/mol. The highest BCUT2D eigenvalue weighted by atomic mass is 32.2. The molecule has 2 aromatic carbocycles. The van der Waals surface area contributed by atoms with Gasteiger partial charge in [0.2, 0.25) is 11.8 Å². The number of fused-ring (bicyclic) bond motifs is 1. The molecule has 0 spiro atoms. The van der Waals surface area contributed by atoms with Gasteiger partial charge in [-0.3, -0.25) is 9.59 Å². The number of carbonyl (C=O) groups excluding carboxylic acids is 2. The van der Waals surface area contributed by atoms with Gasteiger partial charge in [-0.2, -0.15) is 0 Å². The quantitative estimate of drug-likeness (QED) is 0.830. The summed E-state index contributed by atoms with van der Waals surface area (Å²) in [5.74, 6) is 0.789. The third-order valence-electron chi connectivity index (χ3n) is 5.17. The lowest BCUT2D eigenvalue weighted by atomic mass is 10.2. The maximum atomic E-state index is 13.0. The van der Waals surface area contributed by atoms with Crippen LogP contribution in [0.5, 0.6) is 5.75 Å². The molecule has 7 heteroatoms. The fourth-order valence-electron chi connectivity index (χ4n) is 3.65. The predicted octanol–water partition coefficient (Wildman–Crippen LogP) is 3.80. The molecule has 0 saturated carbocycles. The van der Waals surface area contributed by atoms with E-state index in [9.17, 15) is 14.0 Å². The van der Waals surface area contributed by atoms with E-state index < -0.39 is 6.04 Å². The molecule has 0 bridgehead atoms. The minimum Gasteiger partial charge on any atom is -0.489 e. The Labute approximate surface area is 167 Å². The van der Waals surface area contributed by atoms with E-state index in [4.69, 9.17) is 4.74 Å². The molecular formula is C21H21FN2O3S. The van der Waals surface area contributed by atoms with Crippen molar-refractivity contribution in [3.8, 4) is 5.75 Å². The van der Waals surface area contributed by atoms with Crippen molar-refractivity contribution >= 4 is 29.3 Å². The van der Waals surface area contributed by atoms with Crippen LogP contribution in [0.15, 0.2) is 48.5 Å². The highest BCUT2D eigenvalue weighted by Gasteiger charge is 2.52. The van der Waals surface area contributed by atoms with Gasteiger partial charge in [0.15, 0.2) is 0 Å². The molecule has 1 N–H and O–H groups in total. The zero-order chi connectivity index (χ0) is 19.7. The van der Waals surface area contributed by atoms with E-state index in [1.165, 1.54) is 12.1 Å². The van der Waals surface area contributed by atoms with Gasteiger partial charge in [-0.25, -0.2) is 4.39 Å². The molecule has 0 aromatic heterocycles. The van der Waals surface area contributed by atoms with E-state index in [2.05, 4.69) is 5.32 Å². The summed E-state index contributed by atoms with van der Waals surface area (Å²) < 4.78 is 18.7. The molecule has 4 rings (SSSR count). The topological polar surface area (TPSA) is 58.6 Å². The number of amides is 2. The van der Waals surface area contributed by atoms with Crippen molar-refractivity contribution < 1.29 is 18.7 Å². The van der Waals surface area contributed by atoms with Crippen molar-refractivity contribution in [1.82, 2.24) is 4.90 Å². The lowest BCUT2D eigenvalue weighted by Gasteiger charge is -2.29. The first-order valence-electron chi connectivity index (χ1n) is 9.19. The summed E-state index contributed by atoms with van der Waals surface area (Å²) in [4.78, 5) is 26.5. The zero-order valence-corrected chi connectivity index (χ0v) is 16.3. The molecule has 2 aliphatic heterocycles. The van der Waals surface area contributed by atoms with Gasteiger partial charge < -0.3 is 15.0 Å². The summed E-state index contributed by atoms with van der Waals surface area (Å²) in [5.41, 5.74) is 1.47. The molecule has 2 aromatic rings. The third-order valence-corrected chi connectivity index (χ3v) is 6.67. The van der Waals surface area contributed by atoms with Gasteiger partial charge in [0.1, 0.15) is 24.2 Å². The highest BCUT2D eigenvalue weighted by molar-refractivity contribution is 8.01. The average molecular weight is 400 g/mol. The summed E-state index contributed by atoms with van der Waals surface area (Å²) in [6.07, 6.45) is 1.28. The summed E-state index contributed by atoms with van der Waals surface area (Å²) in [5, 5.41) is 2.90. The molecule has 2 aliphatic rings. The number of nitrogens with one attached hydrogen (secondary N) is 1. The number of rotatable bonds is 5. The van der Waals surface area contributed by atoms with Gasteiger partial charge in [0, 0.05) is 23.9 Å². The molecule has 2 fully saturated rings. The van der Waals surface area contributed by atoms with Crippen LogP contribution in [-0.2, 0) is 16.2 Å². The Morgan fingerprint density at radius 1 is 1.32 bits per heavy atom. The Bertz CT molecular complexity index is 905. The summed E-state index contributed by atoms with van der Waals surface area (Å²) in [6.45, 7) is 2.33. The van der Waals surface area contributed by atoms with Gasteiger partial charge in [0.05, 0.1) is 4.87 Å². The van der Waals surface area contributed by atoms with E-state index in [0.29, 0.717) is 30.2 Å². The van der Waals surface area contributed by atoms with E-state index in [1.807, 2.05) is 6.92 Å². The number of nitrogens with zero attached hydrogens (tertiary/aromatic N) is 1. The summed E-state index contributed by atoms with van der Waals surface area (Å²) in [6, 6.07) is 12.8. The van der Waals surface area contributed by atoms with Crippen LogP contribution in [0.25, 0.3) is 0 Å². The van der Waals surface area contributed by atoms with Crippen LogP contribution in [-0.4, -0.2) is 33.4 Å². The number of hydrogen-bond donors (Lipinski definition) is 1. The number of halogens is 1. The largest absolute Gasteiger partial charge is 0.489 e. The number of hydrogen-bond acceptors (Lipinski definition) is 4. The molecule has 5 nitrogen and oxygen atoms in total. The normalized spacial score (nSPS) is 23.6. The summed E-state index contributed by atoms with van der Waals surface area (Å²) >= 11 is 1.67. The Hall–Kier alpha value is -2.54. The van der Waals surface area contributed by atoms with Crippen LogP contribution < -0.4 is 10.1 Å². The van der Waals surface area contributed by atoms with Crippen LogP contribution in [0.4, 0.5) is 10.1 Å². The van der Waals surface area contributed by atoms with Crippen LogP contribution in [0, 0.1) is 5.82 Å². The van der Waals surface area contributed by atoms with Crippen LogP contribution in [0.2, 0.25) is 0 Å². The molecular weight excluding hydrogens is 379 g/mol. The Morgan fingerprint density at radius 3 is 2.89 bits per heavy atom. The van der Waals surface area contributed by atoms with Gasteiger partial charge in [-0.15, -0.1) is 11.8 Å². The molecule has 28 heavy (non-hydrogen) atoms. The lowest BCUT2D eigenvalue weighted by molar-refractivity contribution is -0.135. The predicted molar refractivity (Wildman–Crippen MR) is 107 cm³/mol. The van der Waals surface area contributed by atoms with Crippen molar-refractivity contribution in [2.24, 2.45) is 0 Å². The van der Waals surface area contributed by atoms with Crippen molar-refractivity contribution in [3.63, 3.8) is 0 Å². The fourth-order valence-corrected chi connectivity index (χ4v) is 5.08. The number of thioether (sulfide) groups is 1. The molecule has 2 heterocycles. The van der Waals surface area contributed by atoms with Crippen molar-refractivity contribution in [2.45, 2.75) is 37.3 Å². The van der Waals surface area contributed by atoms with Crippen molar-refractivity contribution in [1.29, 1.82) is 0 Å². The zero-order valence-electron chi connectivity index (χ0n) is 15.5. The second-order valence-corrected chi connectivity index (χ2v) is 8.70. The average Bonchev–Trinajstić information content (AvgIpc) is 3.17. The Balaban J connectivity index is 1.40. The summed E-state index contributed by atoms with van der Waals surface area (Å²) in [7, 11) is 0. The second kappa shape index (κ2) is 7.47. The smallest absolute Gasteiger partial charge is 0.248 e. The molecule has 146 valence electrons. The number of ether oxygens (including phenoxy) is 1. The van der Waals surface area contributed by atoms with Gasteiger partial charge in [-0.05, 0) is 43.2 Å². The number of benzene rings is 2. The van der Waals surface area contributed by atoms with E-state index in [-0.39, 0.29) is 22.5 Å². The molecule has 2 atom stereocenters. The standard InChI is InChI=1S/C21H21FN2O3S/c1-21-10-9-19(25)24(21)18(13-28-21)20(26)23-16-3-2-4-17(11-16)27-12-14-5-7-15(22)8-6-14/h2-8,11,18H,9-10,12-13H2,1H3,(H,23,26)/t18-,21+/m1/s1. The highest BCUT2D eigenvalue weighted by Crippen LogP contribution is 2.47. The molecule has 0 aliphatic carbocycles. The molecule has 0 unspecified atom stereocenters. The van der Waals surface area contributed by atoms with Crippen LogP contribution in [0.3, 0.4) is 0 Å². The molecule has 2 amide bonds. The minimum atomic E-state index is -0.450.